The summed E-state index contributed by atoms with van der Waals surface area (Å²) >= 11 is 7.77. The summed E-state index contributed by atoms with van der Waals surface area (Å²) in [6.07, 6.45) is 0. The van der Waals surface area contributed by atoms with E-state index in [9.17, 15) is 4.79 Å². The Bertz CT molecular complexity index is 1090. The quantitative estimate of drug-likeness (QED) is 0.505. The van der Waals surface area contributed by atoms with Gasteiger partial charge in [-0.2, -0.15) is 0 Å². The third-order valence-corrected chi connectivity index (χ3v) is 5.50. The van der Waals surface area contributed by atoms with E-state index in [0.29, 0.717) is 9.90 Å². The maximum absolute atomic E-state index is 12.6. The minimum Gasteiger partial charge on any atom is -0.321 e. The Hall–Kier alpha value is -2.43. The number of halogens is 1. The Labute approximate surface area is 147 Å². The Kier molecular flexibility index (Phi) is 3.71. The monoisotopic (exact) mass is 352 g/mol. The molecule has 0 fully saturated rings. The number of thiophene rings is 1. The lowest BCUT2D eigenvalue weighted by molar-refractivity contribution is 0.103. The van der Waals surface area contributed by atoms with Crippen LogP contribution in [0, 0.1) is 6.92 Å². The Morgan fingerprint density at radius 1 is 1.12 bits per heavy atom. The van der Waals surface area contributed by atoms with E-state index in [1.54, 1.807) is 0 Å². The molecule has 0 saturated carbocycles. The zero-order valence-electron chi connectivity index (χ0n) is 12.8. The second-order valence-corrected chi connectivity index (χ2v) is 6.99. The van der Waals surface area contributed by atoms with Gasteiger partial charge in [-0.05, 0) is 37.3 Å². The number of carbonyl (C=O) groups excluding carboxylic acids is 1. The molecule has 24 heavy (non-hydrogen) atoms. The summed E-state index contributed by atoms with van der Waals surface area (Å²) in [4.78, 5) is 17.6. The molecule has 2 aromatic heterocycles. The highest BCUT2D eigenvalue weighted by Crippen LogP contribution is 2.35. The highest BCUT2D eigenvalue weighted by Gasteiger charge is 2.17. The van der Waals surface area contributed by atoms with Crippen molar-refractivity contribution in [3.63, 3.8) is 0 Å². The summed E-state index contributed by atoms with van der Waals surface area (Å²) in [5, 5.41) is 5.33. The zero-order chi connectivity index (χ0) is 16.7. The molecule has 0 aliphatic heterocycles. The smallest absolute Gasteiger partial charge is 0.267 e. The average Bonchev–Trinajstić information content (AvgIpc) is 2.92. The van der Waals surface area contributed by atoms with Crippen molar-refractivity contribution in [3.05, 3.63) is 70.2 Å². The van der Waals surface area contributed by atoms with Gasteiger partial charge in [0.2, 0.25) is 0 Å². The number of nitrogens with zero attached hydrogens (tertiary/aromatic N) is 1. The van der Waals surface area contributed by atoms with E-state index in [0.717, 1.165) is 32.4 Å². The highest BCUT2D eigenvalue weighted by atomic mass is 35.5. The first-order valence-corrected chi connectivity index (χ1v) is 8.67. The molecule has 0 unspecified atom stereocenters. The van der Waals surface area contributed by atoms with E-state index in [1.807, 2.05) is 61.5 Å². The molecule has 0 atom stereocenters. The maximum Gasteiger partial charge on any atom is 0.267 e. The number of hydrogen-bond donors (Lipinski definition) is 1. The molecule has 0 radical (unpaired) electrons. The minimum atomic E-state index is -0.194. The van der Waals surface area contributed by atoms with Gasteiger partial charge in [0.15, 0.2) is 0 Å². The van der Waals surface area contributed by atoms with Gasteiger partial charge in [0, 0.05) is 26.9 Å². The lowest BCUT2D eigenvalue weighted by Gasteiger charge is -2.06. The molecular formula is C19H13ClN2OS. The molecule has 1 amide bonds. The molecule has 2 aromatic carbocycles. The van der Waals surface area contributed by atoms with Crippen LogP contribution in [0.15, 0.2) is 54.6 Å². The summed E-state index contributed by atoms with van der Waals surface area (Å²) in [5.74, 6) is -0.194. The van der Waals surface area contributed by atoms with Crippen LogP contribution >= 0.6 is 22.9 Å². The van der Waals surface area contributed by atoms with E-state index in [2.05, 4.69) is 10.3 Å². The van der Waals surface area contributed by atoms with Gasteiger partial charge in [-0.1, -0.05) is 35.9 Å². The number of anilines is 1. The summed E-state index contributed by atoms with van der Waals surface area (Å²) in [7, 11) is 0. The largest absolute Gasteiger partial charge is 0.321 e. The lowest BCUT2D eigenvalue weighted by Crippen LogP contribution is -2.10. The second kappa shape index (κ2) is 5.89. The molecule has 0 spiro atoms. The molecule has 0 aliphatic rings. The summed E-state index contributed by atoms with van der Waals surface area (Å²) in [6, 6.07) is 17.4. The normalized spacial score (nSPS) is 11.1. The van der Waals surface area contributed by atoms with Gasteiger partial charge in [-0.3, -0.25) is 9.78 Å². The number of hydrogen-bond acceptors (Lipinski definition) is 3. The number of amides is 1. The van der Waals surface area contributed by atoms with Gasteiger partial charge in [-0.25, -0.2) is 0 Å². The average molecular weight is 353 g/mol. The fraction of sp³-hybridized carbons (Fsp3) is 0.0526. The molecule has 4 rings (SSSR count). The van der Waals surface area contributed by atoms with E-state index in [1.165, 1.54) is 11.3 Å². The topological polar surface area (TPSA) is 42.0 Å². The minimum absolute atomic E-state index is 0.194. The molecule has 0 bridgehead atoms. The molecule has 118 valence electrons. The highest BCUT2D eigenvalue weighted by molar-refractivity contribution is 7.21. The Balaban J connectivity index is 1.67. The van der Waals surface area contributed by atoms with Gasteiger partial charge in [-0.15, -0.1) is 11.3 Å². The number of fused-ring (bicyclic) bond motifs is 2. The SMILES string of the molecule is Cc1ccc2cc(NC(=O)c3sc4ccccc4c3Cl)ccc2n1. The summed E-state index contributed by atoms with van der Waals surface area (Å²) in [5.41, 5.74) is 2.61. The standard InChI is InChI=1S/C19H13ClN2OS/c1-11-6-7-12-10-13(8-9-15(12)21-11)22-19(23)18-17(20)14-4-2-3-5-16(14)24-18/h2-10H,1H3,(H,22,23). The molecule has 3 nitrogen and oxygen atoms in total. The van der Waals surface area contributed by atoms with Crippen molar-refractivity contribution in [1.82, 2.24) is 4.98 Å². The maximum atomic E-state index is 12.6. The molecule has 5 heteroatoms. The van der Waals surface area contributed by atoms with E-state index >= 15 is 0 Å². The van der Waals surface area contributed by atoms with Gasteiger partial charge in [0.1, 0.15) is 4.88 Å². The van der Waals surface area contributed by atoms with Crippen molar-refractivity contribution in [3.8, 4) is 0 Å². The van der Waals surface area contributed by atoms with Gasteiger partial charge in [0.05, 0.1) is 10.5 Å². The molecule has 0 saturated heterocycles. The van der Waals surface area contributed by atoms with Crippen LogP contribution in [0.1, 0.15) is 15.4 Å². The van der Waals surface area contributed by atoms with Crippen LogP contribution in [-0.4, -0.2) is 10.9 Å². The van der Waals surface area contributed by atoms with Crippen LogP contribution < -0.4 is 5.32 Å². The van der Waals surface area contributed by atoms with Crippen molar-refractivity contribution < 1.29 is 4.79 Å². The number of nitrogens with one attached hydrogen (secondary N) is 1. The van der Waals surface area contributed by atoms with Crippen molar-refractivity contribution >= 4 is 55.5 Å². The number of pyridine rings is 1. The number of aromatic nitrogens is 1. The van der Waals surface area contributed by atoms with E-state index < -0.39 is 0 Å². The molecule has 0 aliphatic carbocycles. The predicted octanol–water partition coefficient (Wildman–Crippen LogP) is 5.66. The first kappa shape index (κ1) is 15.1. The van der Waals surface area contributed by atoms with Crippen LogP contribution in [0.3, 0.4) is 0 Å². The van der Waals surface area contributed by atoms with Crippen molar-refractivity contribution in [2.45, 2.75) is 6.92 Å². The molecule has 2 heterocycles. The van der Waals surface area contributed by atoms with E-state index in [4.69, 9.17) is 11.6 Å². The van der Waals surface area contributed by atoms with Crippen LogP contribution in [0.2, 0.25) is 5.02 Å². The number of benzene rings is 2. The third-order valence-electron chi connectivity index (χ3n) is 3.83. The molecule has 1 N–H and O–H groups in total. The van der Waals surface area contributed by atoms with Crippen molar-refractivity contribution in [2.24, 2.45) is 0 Å². The lowest BCUT2D eigenvalue weighted by atomic mass is 10.2. The van der Waals surface area contributed by atoms with Crippen LogP contribution in [0.4, 0.5) is 5.69 Å². The van der Waals surface area contributed by atoms with Gasteiger partial charge >= 0.3 is 0 Å². The third kappa shape index (κ3) is 2.64. The van der Waals surface area contributed by atoms with Gasteiger partial charge in [0.25, 0.3) is 5.91 Å². The summed E-state index contributed by atoms with van der Waals surface area (Å²) in [6.45, 7) is 1.96. The second-order valence-electron chi connectivity index (χ2n) is 5.56. The Morgan fingerprint density at radius 3 is 2.79 bits per heavy atom. The van der Waals surface area contributed by atoms with Crippen LogP contribution in [-0.2, 0) is 0 Å². The van der Waals surface area contributed by atoms with Crippen LogP contribution in [0.5, 0.6) is 0 Å². The Morgan fingerprint density at radius 2 is 1.96 bits per heavy atom. The zero-order valence-corrected chi connectivity index (χ0v) is 14.4. The predicted molar refractivity (Wildman–Crippen MR) is 101 cm³/mol. The van der Waals surface area contributed by atoms with Crippen LogP contribution in [0.25, 0.3) is 21.0 Å². The first-order valence-electron chi connectivity index (χ1n) is 7.47. The molecular weight excluding hydrogens is 340 g/mol. The number of carbonyl (C=O) groups is 1. The summed E-state index contributed by atoms with van der Waals surface area (Å²) < 4.78 is 1.01. The first-order chi connectivity index (χ1) is 11.6. The van der Waals surface area contributed by atoms with Crippen molar-refractivity contribution in [1.29, 1.82) is 0 Å². The van der Waals surface area contributed by atoms with Crippen molar-refractivity contribution in [2.75, 3.05) is 5.32 Å². The van der Waals surface area contributed by atoms with Gasteiger partial charge < -0.3 is 5.32 Å². The number of aryl methyl sites for hydroxylation is 1. The number of rotatable bonds is 2. The van der Waals surface area contributed by atoms with E-state index in [-0.39, 0.29) is 5.91 Å². The fourth-order valence-electron chi connectivity index (χ4n) is 2.65. The molecule has 4 aromatic rings. The fourth-order valence-corrected chi connectivity index (χ4v) is 4.07.